The van der Waals surface area contributed by atoms with Crippen LogP contribution in [0.25, 0.3) is 0 Å². The maximum absolute atomic E-state index is 11.2. The Morgan fingerprint density at radius 2 is 2.14 bits per heavy atom. The van der Waals surface area contributed by atoms with E-state index in [0.717, 1.165) is 0 Å². The Morgan fingerprint density at radius 3 is 2.79 bits per heavy atom. The van der Waals surface area contributed by atoms with Crippen molar-refractivity contribution in [3.05, 3.63) is 38.4 Å². The minimum Gasteiger partial charge on any atom is -0.266 e. The quantitative estimate of drug-likeness (QED) is 0.524. The summed E-state index contributed by atoms with van der Waals surface area (Å²) < 4.78 is 0. The SMILES string of the molecule is O=C1N=Cc2c(Cl)ccc([N+](=O)[O-])c21. The number of halogens is 1. The zero-order chi connectivity index (χ0) is 10.3. The number of nitro groups is 1. The number of rotatable bonds is 1. The highest BCUT2D eigenvalue weighted by Gasteiger charge is 2.28. The average molecular weight is 211 g/mol. The Hall–Kier alpha value is -1.75. The number of nitro benzene ring substituents is 1. The Labute approximate surface area is 83.2 Å². The van der Waals surface area contributed by atoms with E-state index in [4.69, 9.17) is 11.6 Å². The van der Waals surface area contributed by atoms with Gasteiger partial charge in [-0.1, -0.05) is 11.6 Å². The molecule has 1 aliphatic heterocycles. The van der Waals surface area contributed by atoms with Gasteiger partial charge in [0.25, 0.3) is 11.6 Å². The van der Waals surface area contributed by atoms with Gasteiger partial charge in [0.2, 0.25) is 0 Å². The molecular formula is C8H3ClN2O3. The second-order valence-electron chi connectivity index (χ2n) is 2.68. The molecular weight excluding hydrogens is 208 g/mol. The Morgan fingerprint density at radius 1 is 1.43 bits per heavy atom. The van der Waals surface area contributed by atoms with Crippen molar-refractivity contribution < 1.29 is 9.72 Å². The number of fused-ring (bicyclic) bond motifs is 1. The maximum atomic E-state index is 11.2. The molecule has 1 aliphatic rings. The Bertz CT molecular complexity index is 482. The number of carbonyl (C=O) groups is 1. The molecule has 5 nitrogen and oxygen atoms in total. The fourth-order valence-corrected chi connectivity index (χ4v) is 1.48. The molecule has 0 bridgehead atoms. The first-order valence-corrected chi connectivity index (χ1v) is 4.04. The van der Waals surface area contributed by atoms with Crippen molar-refractivity contribution in [1.29, 1.82) is 0 Å². The first-order valence-electron chi connectivity index (χ1n) is 3.66. The zero-order valence-corrected chi connectivity index (χ0v) is 7.49. The molecule has 1 amide bonds. The van der Waals surface area contributed by atoms with Crippen molar-refractivity contribution in [1.82, 2.24) is 0 Å². The van der Waals surface area contributed by atoms with Gasteiger partial charge in [0, 0.05) is 17.8 Å². The molecule has 1 aromatic carbocycles. The summed E-state index contributed by atoms with van der Waals surface area (Å²) in [6, 6.07) is 2.58. The minimum absolute atomic E-state index is 0.0255. The fraction of sp³-hybridized carbons (Fsp3) is 0. The van der Waals surface area contributed by atoms with E-state index in [1.54, 1.807) is 0 Å². The number of hydrogen-bond acceptors (Lipinski definition) is 3. The third-order valence-corrected chi connectivity index (χ3v) is 2.22. The molecule has 14 heavy (non-hydrogen) atoms. The van der Waals surface area contributed by atoms with Crippen LogP contribution in [0.3, 0.4) is 0 Å². The van der Waals surface area contributed by atoms with E-state index in [1.165, 1.54) is 18.3 Å². The van der Waals surface area contributed by atoms with Crippen LogP contribution in [0.4, 0.5) is 5.69 Å². The molecule has 0 radical (unpaired) electrons. The van der Waals surface area contributed by atoms with Crippen molar-refractivity contribution in [3.63, 3.8) is 0 Å². The van der Waals surface area contributed by atoms with Gasteiger partial charge in [-0.3, -0.25) is 14.9 Å². The summed E-state index contributed by atoms with van der Waals surface area (Å²) in [7, 11) is 0. The summed E-state index contributed by atoms with van der Waals surface area (Å²) >= 11 is 5.75. The first-order chi connectivity index (χ1) is 6.61. The monoisotopic (exact) mass is 210 g/mol. The zero-order valence-electron chi connectivity index (χ0n) is 6.73. The van der Waals surface area contributed by atoms with Crippen LogP contribution in [0.5, 0.6) is 0 Å². The molecule has 1 heterocycles. The summed E-state index contributed by atoms with van der Waals surface area (Å²) in [5, 5.41) is 10.9. The maximum Gasteiger partial charge on any atom is 0.284 e. The van der Waals surface area contributed by atoms with Crippen LogP contribution in [0.1, 0.15) is 15.9 Å². The lowest BCUT2D eigenvalue weighted by molar-refractivity contribution is -0.385. The lowest BCUT2D eigenvalue weighted by atomic mass is 10.1. The molecule has 70 valence electrons. The number of amides is 1. The molecule has 0 spiro atoms. The third kappa shape index (κ3) is 1.10. The van der Waals surface area contributed by atoms with Gasteiger partial charge >= 0.3 is 0 Å². The lowest BCUT2D eigenvalue weighted by Gasteiger charge is -1.99. The molecule has 0 aromatic heterocycles. The molecule has 0 aliphatic carbocycles. The molecule has 0 atom stereocenters. The van der Waals surface area contributed by atoms with Gasteiger partial charge in [0.05, 0.1) is 9.95 Å². The van der Waals surface area contributed by atoms with Gasteiger partial charge in [-0.2, -0.15) is 0 Å². The topological polar surface area (TPSA) is 72.6 Å². The average Bonchev–Trinajstić information content (AvgIpc) is 2.50. The van der Waals surface area contributed by atoms with E-state index in [-0.39, 0.29) is 11.3 Å². The predicted molar refractivity (Wildman–Crippen MR) is 50.0 cm³/mol. The van der Waals surface area contributed by atoms with Gasteiger partial charge in [-0.25, -0.2) is 4.99 Å². The molecule has 1 aromatic rings. The number of hydrogen-bond donors (Lipinski definition) is 0. The van der Waals surface area contributed by atoms with E-state index < -0.39 is 10.8 Å². The van der Waals surface area contributed by atoms with Crippen molar-refractivity contribution in [3.8, 4) is 0 Å². The van der Waals surface area contributed by atoms with E-state index in [2.05, 4.69) is 4.99 Å². The predicted octanol–water partition coefficient (Wildman–Crippen LogP) is 1.82. The minimum atomic E-state index is -0.623. The third-order valence-electron chi connectivity index (χ3n) is 1.89. The van der Waals surface area contributed by atoms with E-state index in [0.29, 0.717) is 10.6 Å². The van der Waals surface area contributed by atoms with Crippen molar-refractivity contribution in [2.75, 3.05) is 0 Å². The second kappa shape index (κ2) is 2.88. The Balaban J connectivity index is 2.76. The van der Waals surface area contributed by atoms with E-state index in [1.807, 2.05) is 0 Å². The number of aliphatic imine (C=N–C) groups is 1. The standard InChI is InChI=1S/C8H3ClN2O3/c9-5-1-2-6(11(13)14)7-4(5)3-10-8(7)12/h1-3H. The lowest BCUT2D eigenvalue weighted by Crippen LogP contribution is -2.00. The van der Waals surface area contributed by atoms with Crippen LogP contribution in [0, 0.1) is 10.1 Å². The molecule has 0 saturated carbocycles. The van der Waals surface area contributed by atoms with Crippen molar-refractivity contribution >= 4 is 29.4 Å². The van der Waals surface area contributed by atoms with Gasteiger partial charge in [0.1, 0.15) is 5.56 Å². The molecule has 0 saturated heterocycles. The highest BCUT2D eigenvalue weighted by Crippen LogP contribution is 2.30. The van der Waals surface area contributed by atoms with Crippen LogP contribution < -0.4 is 0 Å². The van der Waals surface area contributed by atoms with Crippen LogP contribution in [-0.2, 0) is 0 Å². The van der Waals surface area contributed by atoms with Gasteiger partial charge in [0.15, 0.2) is 0 Å². The number of benzene rings is 1. The summed E-state index contributed by atoms with van der Waals surface area (Å²) in [6.07, 6.45) is 1.24. The van der Waals surface area contributed by atoms with Crippen molar-refractivity contribution in [2.24, 2.45) is 4.99 Å². The highest BCUT2D eigenvalue weighted by atomic mass is 35.5. The van der Waals surface area contributed by atoms with Gasteiger partial charge in [-0.15, -0.1) is 0 Å². The van der Waals surface area contributed by atoms with E-state index in [9.17, 15) is 14.9 Å². The number of nitrogens with zero attached hydrogens (tertiary/aromatic N) is 2. The smallest absolute Gasteiger partial charge is 0.266 e. The Kier molecular flexibility index (Phi) is 1.82. The van der Waals surface area contributed by atoms with Crippen LogP contribution >= 0.6 is 11.6 Å². The largest absolute Gasteiger partial charge is 0.284 e. The second-order valence-corrected chi connectivity index (χ2v) is 3.08. The molecule has 6 heteroatoms. The van der Waals surface area contributed by atoms with Crippen LogP contribution in [-0.4, -0.2) is 17.0 Å². The van der Waals surface area contributed by atoms with Crippen molar-refractivity contribution in [2.45, 2.75) is 0 Å². The van der Waals surface area contributed by atoms with Crippen LogP contribution in [0.15, 0.2) is 17.1 Å². The molecule has 0 fully saturated rings. The summed E-state index contributed by atoms with van der Waals surface area (Å²) in [6.45, 7) is 0. The van der Waals surface area contributed by atoms with Gasteiger partial charge < -0.3 is 0 Å². The normalized spacial score (nSPS) is 13.1. The number of carbonyl (C=O) groups excluding carboxylic acids is 1. The highest BCUT2D eigenvalue weighted by molar-refractivity contribution is 6.35. The fourth-order valence-electron chi connectivity index (χ4n) is 1.27. The summed E-state index contributed by atoms with van der Waals surface area (Å²) in [5.41, 5.74) is 0.0419. The summed E-state index contributed by atoms with van der Waals surface area (Å²) in [4.78, 5) is 24.6. The van der Waals surface area contributed by atoms with E-state index >= 15 is 0 Å². The molecule has 0 unspecified atom stereocenters. The van der Waals surface area contributed by atoms with Crippen LogP contribution in [0.2, 0.25) is 5.02 Å². The molecule has 0 N–H and O–H groups in total. The van der Waals surface area contributed by atoms with Gasteiger partial charge in [-0.05, 0) is 6.07 Å². The first kappa shape index (κ1) is 8.83. The molecule has 2 rings (SSSR count). The summed E-state index contributed by atoms with van der Waals surface area (Å²) in [5.74, 6) is -0.616.